The van der Waals surface area contributed by atoms with Gasteiger partial charge >= 0.3 is 5.69 Å². The van der Waals surface area contributed by atoms with E-state index < -0.39 is 16.4 Å². The minimum absolute atomic E-state index is 0.0442. The molecule has 0 spiro atoms. The summed E-state index contributed by atoms with van der Waals surface area (Å²) in [5, 5.41) is 24.3. The predicted molar refractivity (Wildman–Crippen MR) is 78.9 cm³/mol. The van der Waals surface area contributed by atoms with E-state index in [4.69, 9.17) is 4.74 Å². The van der Waals surface area contributed by atoms with E-state index in [1.807, 2.05) is 0 Å². The van der Waals surface area contributed by atoms with E-state index in [0.717, 1.165) is 11.6 Å². The van der Waals surface area contributed by atoms with Gasteiger partial charge in [0, 0.05) is 17.5 Å². The monoisotopic (exact) mass is 305 g/mol. The smallest absolute Gasteiger partial charge is 0.315 e. The molecule has 1 aliphatic rings. The lowest BCUT2D eigenvalue weighted by Gasteiger charge is -2.25. The van der Waals surface area contributed by atoms with Crippen LogP contribution < -0.4 is 10.2 Å². The molecule has 8 nitrogen and oxygen atoms in total. The molecule has 22 heavy (non-hydrogen) atoms. The van der Waals surface area contributed by atoms with Crippen molar-refractivity contribution >= 4 is 17.8 Å². The molecule has 1 amide bonds. The summed E-state index contributed by atoms with van der Waals surface area (Å²) in [7, 11) is 1.28. The molecule has 1 saturated carbocycles. The van der Waals surface area contributed by atoms with Crippen molar-refractivity contribution in [1.29, 1.82) is 0 Å². The SMILES string of the molecule is C=C1CC(C(=O)N/N=C\c2cc(OC)c(O)c([N+](=O)[O-])c2)C1. The van der Waals surface area contributed by atoms with Crippen LogP contribution in [0.3, 0.4) is 0 Å². The maximum Gasteiger partial charge on any atom is 0.315 e. The van der Waals surface area contributed by atoms with E-state index >= 15 is 0 Å². The average molecular weight is 305 g/mol. The number of carbonyl (C=O) groups excluding carboxylic acids is 1. The Labute approximate surface area is 126 Å². The highest BCUT2D eigenvalue weighted by molar-refractivity contribution is 5.86. The summed E-state index contributed by atoms with van der Waals surface area (Å²) in [6.07, 6.45) is 2.56. The third-order valence-corrected chi connectivity index (χ3v) is 3.32. The van der Waals surface area contributed by atoms with Crippen LogP contribution in [-0.2, 0) is 4.79 Å². The van der Waals surface area contributed by atoms with Crippen LogP contribution in [0.25, 0.3) is 0 Å². The zero-order valence-corrected chi connectivity index (χ0v) is 11.9. The molecule has 0 aliphatic heterocycles. The molecule has 0 saturated heterocycles. The van der Waals surface area contributed by atoms with Crippen molar-refractivity contribution in [2.75, 3.05) is 7.11 Å². The number of nitro groups is 1. The van der Waals surface area contributed by atoms with E-state index in [0.29, 0.717) is 18.4 Å². The first-order valence-electron chi connectivity index (χ1n) is 6.47. The minimum Gasteiger partial charge on any atom is -0.500 e. The van der Waals surface area contributed by atoms with Gasteiger partial charge in [-0.05, 0) is 18.9 Å². The molecule has 0 unspecified atom stereocenters. The summed E-state index contributed by atoms with van der Waals surface area (Å²) < 4.78 is 4.87. The van der Waals surface area contributed by atoms with E-state index in [9.17, 15) is 20.0 Å². The first-order chi connectivity index (χ1) is 10.4. The topological polar surface area (TPSA) is 114 Å². The van der Waals surface area contributed by atoms with Crippen LogP contribution in [0.4, 0.5) is 5.69 Å². The second-order valence-electron chi connectivity index (χ2n) is 4.94. The lowest BCUT2D eigenvalue weighted by Crippen LogP contribution is -2.32. The Morgan fingerprint density at radius 3 is 2.82 bits per heavy atom. The standard InChI is InChI=1S/C14H15N3O5/c1-8-3-10(4-8)14(19)16-15-7-9-5-11(17(20)21)13(18)12(6-9)22-2/h5-7,10,18H,1,3-4H2,2H3,(H,16,19)/b15-7-. The van der Waals surface area contributed by atoms with Crippen molar-refractivity contribution in [3.05, 3.63) is 40.0 Å². The number of hydrogen-bond donors (Lipinski definition) is 2. The van der Waals surface area contributed by atoms with Gasteiger partial charge in [0.15, 0.2) is 5.75 Å². The van der Waals surface area contributed by atoms with Crippen molar-refractivity contribution in [2.45, 2.75) is 12.8 Å². The molecule has 1 aliphatic carbocycles. The number of nitro benzene ring substituents is 1. The van der Waals surface area contributed by atoms with Gasteiger partial charge in [0.25, 0.3) is 0 Å². The number of allylic oxidation sites excluding steroid dienone is 1. The van der Waals surface area contributed by atoms with Crippen LogP contribution in [0.5, 0.6) is 11.5 Å². The minimum atomic E-state index is -0.728. The number of aromatic hydroxyl groups is 1. The fourth-order valence-electron chi connectivity index (χ4n) is 2.07. The second-order valence-corrected chi connectivity index (χ2v) is 4.94. The van der Waals surface area contributed by atoms with Crippen molar-refractivity contribution in [1.82, 2.24) is 5.43 Å². The molecule has 0 atom stereocenters. The van der Waals surface area contributed by atoms with Gasteiger partial charge in [-0.3, -0.25) is 14.9 Å². The van der Waals surface area contributed by atoms with Crippen molar-refractivity contribution < 1.29 is 19.6 Å². The lowest BCUT2D eigenvalue weighted by atomic mass is 9.81. The summed E-state index contributed by atoms with van der Waals surface area (Å²) in [5.41, 5.74) is 3.22. The van der Waals surface area contributed by atoms with E-state index in [1.54, 1.807) is 0 Å². The molecule has 1 fully saturated rings. The number of benzene rings is 1. The number of phenols is 1. The summed E-state index contributed by atoms with van der Waals surface area (Å²) in [6.45, 7) is 3.75. The molecule has 116 valence electrons. The number of ether oxygens (including phenoxy) is 1. The van der Waals surface area contributed by atoms with E-state index in [2.05, 4.69) is 17.1 Å². The second kappa shape index (κ2) is 6.25. The van der Waals surface area contributed by atoms with Crippen molar-refractivity contribution in [3.8, 4) is 11.5 Å². The molecule has 0 heterocycles. The number of carbonyl (C=O) groups is 1. The fraction of sp³-hybridized carbons (Fsp3) is 0.286. The number of nitrogens with one attached hydrogen (secondary N) is 1. The molecule has 1 aromatic rings. The number of nitrogens with zero attached hydrogens (tertiary/aromatic N) is 2. The Bertz CT molecular complexity index is 661. The molecular weight excluding hydrogens is 290 g/mol. The van der Waals surface area contributed by atoms with E-state index in [1.165, 1.54) is 19.4 Å². The quantitative estimate of drug-likeness (QED) is 0.372. The van der Waals surface area contributed by atoms with Gasteiger partial charge in [0.2, 0.25) is 11.7 Å². The van der Waals surface area contributed by atoms with Gasteiger partial charge in [0.05, 0.1) is 18.2 Å². The highest BCUT2D eigenvalue weighted by atomic mass is 16.6. The van der Waals surface area contributed by atoms with Gasteiger partial charge in [-0.2, -0.15) is 5.10 Å². The number of rotatable bonds is 5. The number of phenolic OH excluding ortho intramolecular Hbond substituents is 1. The largest absolute Gasteiger partial charge is 0.500 e. The fourth-order valence-corrected chi connectivity index (χ4v) is 2.07. The zero-order valence-electron chi connectivity index (χ0n) is 11.9. The highest BCUT2D eigenvalue weighted by Gasteiger charge is 2.28. The van der Waals surface area contributed by atoms with Crippen LogP contribution in [-0.4, -0.2) is 29.3 Å². The van der Waals surface area contributed by atoms with Gasteiger partial charge in [0.1, 0.15) is 0 Å². The highest BCUT2D eigenvalue weighted by Crippen LogP contribution is 2.36. The van der Waals surface area contributed by atoms with Gasteiger partial charge in [-0.15, -0.1) is 0 Å². The molecule has 2 rings (SSSR count). The Morgan fingerprint density at radius 2 is 2.27 bits per heavy atom. The Balaban J connectivity index is 2.10. The number of hydrazone groups is 1. The average Bonchev–Trinajstić information content (AvgIpc) is 2.44. The molecule has 0 bridgehead atoms. The van der Waals surface area contributed by atoms with Crippen LogP contribution in [0.1, 0.15) is 18.4 Å². The third kappa shape index (κ3) is 3.22. The normalized spacial score (nSPS) is 14.7. The summed E-state index contributed by atoms with van der Waals surface area (Å²) >= 11 is 0. The van der Waals surface area contributed by atoms with Crippen LogP contribution in [0, 0.1) is 16.0 Å². The number of amides is 1. The Kier molecular flexibility index (Phi) is 4.40. The molecule has 0 radical (unpaired) electrons. The molecular formula is C14H15N3O5. The zero-order chi connectivity index (χ0) is 16.3. The lowest BCUT2D eigenvalue weighted by molar-refractivity contribution is -0.386. The van der Waals surface area contributed by atoms with Gasteiger partial charge in [-0.1, -0.05) is 12.2 Å². The molecule has 1 aromatic carbocycles. The first-order valence-corrected chi connectivity index (χ1v) is 6.47. The Morgan fingerprint density at radius 1 is 1.59 bits per heavy atom. The molecule has 0 aromatic heterocycles. The molecule has 8 heteroatoms. The van der Waals surface area contributed by atoms with E-state index in [-0.39, 0.29) is 17.6 Å². The van der Waals surface area contributed by atoms with Crippen molar-refractivity contribution in [2.24, 2.45) is 11.0 Å². The van der Waals surface area contributed by atoms with Gasteiger partial charge < -0.3 is 9.84 Å². The third-order valence-electron chi connectivity index (χ3n) is 3.32. The number of hydrogen-bond acceptors (Lipinski definition) is 6. The maximum absolute atomic E-state index is 11.7. The maximum atomic E-state index is 11.7. The Hall–Kier alpha value is -2.90. The van der Waals surface area contributed by atoms with Crippen LogP contribution >= 0.6 is 0 Å². The van der Waals surface area contributed by atoms with Gasteiger partial charge in [-0.25, -0.2) is 5.43 Å². The van der Waals surface area contributed by atoms with Crippen LogP contribution in [0.2, 0.25) is 0 Å². The van der Waals surface area contributed by atoms with Crippen molar-refractivity contribution in [3.63, 3.8) is 0 Å². The number of methoxy groups -OCH3 is 1. The summed E-state index contributed by atoms with van der Waals surface area (Å²) in [5.74, 6) is -0.934. The summed E-state index contributed by atoms with van der Waals surface area (Å²) in [6, 6.07) is 2.52. The van der Waals surface area contributed by atoms with Crippen LogP contribution in [0.15, 0.2) is 29.4 Å². The first kappa shape index (κ1) is 15.5. The summed E-state index contributed by atoms with van der Waals surface area (Å²) in [4.78, 5) is 21.8. The predicted octanol–water partition coefficient (Wildman–Crippen LogP) is 1.73. The molecule has 2 N–H and O–H groups in total.